The van der Waals surface area contributed by atoms with E-state index >= 15 is 0 Å². The minimum absolute atomic E-state index is 0.0346. The molecular weight excluding hydrogens is 1280 g/mol. The minimum atomic E-state index is -4.40. The predicted octanol–water partition coefficient (Wildman–Crippen LogP) is 30.4. The number of rotatable bonds is 85. The van der Waals surface area contributed by atoms with E-state index in [-0.39, 0.29) is 25.6 Å². The first-order valence-corrected chi connectivity index (χ1v) is 46.5. The highest BCUT2D eigenvalue weighted by atomic mass is 31.2. The van der Waals surface area contributed by atoms with Crippen molar-refractivity contribution in [1.82, 2.24) is 0 Å². The number of allylic oxidation sites excluding steroid dienone is 10. The SMILES string of the molecule is CCCCCCC/C=C\C/C=C\C/C=C\CCCCCCCCCCCCCCCCCCCCCCCCC(=O)OC(COC(=O)CCCCCCCCCCCCCCCCCCCCCCCCCCCCCCC/C=C\C/C=C\CCCCCCC)COP(=O)(O)OCC[N+](C)(C)C. The maximum atomic E-state index is 12.9. The molecule has 600 valence electrons. The lowest BCUT2D eigenvalue weighted by Crippen LogP contribution is -2.37. The molecule has 0 aromatic carbocycles. The second-order valence-corrected chi connectivity index (χ2v) is 33.4. The van der Waals surface area contributed by atoms with Crippen molar-refractivity contribution < 1.29 is 42.1 Å². The second kappa shape index (κ2) is 82.8. The maximum absolute atomic E-state index is 12.9. The number of phosphoric ester groups is 1. The van der Waals surface area contributed by atoms with Crippen LogP contribution in [0.3, 0.4) is 0 Å². The average molecular weight is 1450 g/mol. The first kappa shape index (κ1) is 99.7. The van der Waals surface area contributed by atoms with Gasteiger partial charge in [0.1, 0.15) is 19.8 Å². The fraction of sp³-hybridized carbons (Fsp3) is 0.870. The van der Waals surface area contributed by atoms with E-state index < -0.39 is 26.5 Å². The van der Waals surface area contributed by atoms with Gasteiger partial charge in [0.2, 0.25) is 0 Å². The summed E-state index contributed by atoms with van der Waals surface area (Å²) in [5.41, 5.74) is 0. The summed E-state index contributed by atoms with van der Waals surface area (Å²) in [5, 5.41) is 0. The molecule has 0 fully saturated rings. The topological polar surface area (TPSA) is 108 Å². The van der Waals surface area contributed by atoms with Gasteiger partial charge in [0.05, 0.1) is 27.7 Å². The molecule has 2 unspecified atom stereocenters. The van der Waals surface area contributed by atoms with Crippen molar-refractivity contribution in [3.8, 4) is 0 Å². The van der Waals surface area contributed by atoms with Gasteiger partial charge in [-0.25, -0.2) is 4.57 Å². The number of nitrogens with zero attached hydrogens (tertiary/aromatic N) is 1. The molecule has 102 heavy (non-hydrogen) atoms. The molecular formula is C92H175NO8P+. The molecule has 0 aliphatic heterocycles. The Labute approximate surface area is 636 Å². The first-order valence-electron chi connectivity index (χ1n) is 45.0. The third kappa shape index (κ3) is 86.6. The molecule has 1 N–H and O–H groups in total. The van der Waals surface area contributed by atoms with Crippen LogP contribution < -0.4 is 0 Å². The molecule has 0 saturated heterocycles. The summed E-state index contributed by atoms with van der Waals surface area (Å²) in [4.78, 5) is 36.1. The van der Waals surface area contributed by atoms with Gasteiger partial charge in [-0.2, -0.15) is 0 Å². The van der Waals surface area contributed by atoms with Crippen LogP contribution in [-0.2, 0) is 32.7 Å². The summed E-state index contributed by atoms with van der Waals surface area (Å²) in [6.07, 6.45) is 113. The van der Waals surface area contributed by atoms with Gasteiger partial charge in [0.25, 0.3) is 0 Å². The molecule has 0 bridgehead atoms. The van der Waals surface area contributed by atoms with E-state index in [1.54, 1.807) is 0 Å². The van der Waals surface area contributed by atoms with Crippen molar-refractivity contribution in [2.75, 3.05) is 47.5 Å². The van der Waals surface area contributed by atoms with E-state index in [4.69, 9.17) is 18.5 Å². The zero-order valence-corrected chi connectivity index (χ0v) is 69.8. The normalized spacial score (nSPS) is 13.2. The van der Waals surface area contributed by atoms with Crippen LogP contribution in [0.1, 0.15) is 463 Å². The molecule has 9 nitrogen and oxygen atoms in total. The van der Waals surface area contributed by atoms with Gasteiger partial charge in [-0.3, -0.25) is 18.6 Å². The monoisotopic (exact) mass is 1450 g/mol. The summed E-state index contributed by atoms with van der Waals surface area (Å²) < 4.78 is 34.9. The number of hydrogen-bond donors (Lipinski definition) is 1. The Morgan fingerprint density at radius 3 is 0.784 bits per heavy atom. The molecule has 0 saturated carbocycles. The molecule has 10 heteroatoms. The number of hydrogen-bond acceptors (Lipinski definition) is 7. The van der Waals surface area contributed by atoms with Crippen LogP contribution in [0, 0.1) is 0 Å². The highest BCUT2D eigenvalue weighted by Crippen LogP contribution is 2.43. The van der Waals surface area contributed by atoms with Crippen molar-refractivity contribution in [1.29, 1.82) is 0 Å². The summed E-state index contributed by atoms with van der Waals surface area (Å²) >= 11 is 0. The van der Waals surface area contributed by atoms with E-state index in [0.29, 0.717) is 23.9 Å². The molecule has 0 amide bonds. The molecule has 0 aliphatic rings. The van der Waals surface area contributed by atoms with Crippen molar-refractivity contribution in [2.24, 2.45) is 0 Å². The van der Waals surface area contributed by atoms with Gasteiger partial charge in [-0.15, -0.1) is 0 Å². The number of carbonyl (C=O) groups is 2. The van der Waals surface area contributed by atoms with Crippen LogP contribution in [0.2, 0.25) is 0 Å². The van der Waals surface area contributed by atoms with Gasteiger partial charge < -0.3 is 18.9 Å². The Morgan fingerprint density at radius 1 is 0.304 bits per heavy atom. The van der Waals surface area contributed by atoms with Gasteiger partial charge in [-0.05, 0) is 83.5 Å². The third-order valence-corrected chi connectivity index (χ3v) is 21.5. The first-order chi connectivity index (χ1) is 50.0. The third-order valence-electron chi connectivity index (χ3n) is 20.5. The van der Waals surface area contributed by atoms with Crippen molar-refractivity contribution in [2.45, 2.75) is 469 Å². The molecule has 0 aliphatic carbocycles. The fourth-order valence-corrected chi connectivity index (χ4v) is 14.4. The second-order valence-electron chi connectivity index (χ2n) is 32.0. The molecule has 2 atom stereocenters. The van der Waals surface area contributed by atoms with E-state index in [0.717, 1.165) is 51.4 Å². The van der Waals surface area contributed by atoms with Gasteiger partial charge in [0, 0.05) is 12.8 Å². The van der Waals surface area contributed by atoms with Crippen molar-refractivity contribution >= 4 is 19.8 Å². The smallest absolute Gasteiger partial charge is 0.462 e. The number of esters is 2. The number of carbonyl (C=O) groups excluding carboxylic acids is 2. The number of unbranched alkanes of at least 4 members (excludes halogenated alkanes) is 61. The Balaban J connectivity index is 3.84. The summed E-state index contributed by atoms with van der Waals surface area (Å²) in [5.74, 6) is -0.770. The zero-order valence-electron chi connectivity index (χ0n) is 68.9. The fourth-order valence-electron chi connectivity index (χ4n) is 13.7. The highest BCUT2D eigenvalue weighted by molar-refractivity contribution is 7.47. The highest BCUT2D eigenvalue weighted by Gasteiger charge is 2.27. The molecule has 0 aromatic heterocycles. The van der Waals surface area contributed by atoms with Gasteiger partial charge >= 0.3 is 19.8 Å². The zero-order chi connectivity index (χ0) is 74.0. The van der Waals surface area contributed by atoms with Crippen molar-refractivity contribution in [3.05, 3.63) is 60.8 Å². The standard InChI is InChI=1S/C92H174NO8P/c1-6-8-10-12-14-16-18-20-22-24-26-28-30-32-34-36-38-40-42-44-45-46-47-49-50-52-54-56-58-60-62-64-66-68-70-72-74-76-78-80-82-84-91(94)98-88-90(89-100-102(96,97)99-87-86-93(3,4)5)101-92(95)85-83-81-79-77-75-73-71-69-67-65-63-61-59-57-55-53-51-48-43-41-39-37-35-33-31-29-27-25-23-21-19-17-15-13-11-9-7-2/h18-21,24-27,31,33,90H,6-17,22-23,28-30,32,34-89H2,1-5H3/p+1/b20-18-,21-19-,26-24-,27-25-,33-31-. The van der Waals surface area contributed by atoms with Crippen LogP contribution in [-0.4, -0.2) is 74.9 Å². The van der Waals surface area contributed by atoms with Crippen LogP contribution in [0.25, 0.3) is 0 Å². The lowest BCUT2D eigenvalue weighted by atomic mass is 10.0. The Bertz CT molecular complexity index is 1910. The molecule has 0 heterocycles. The maximum Gasteiger partial charge on any atom is 0.472 e. The predicted molar refractivity (Wildman–Crippen MR) is 446 cm³/mol. The number of quaternary nitrogens is 1. The Kier molecular flexibility index (Phi) is 80.9. The Hall–Kier alpha value is -2.29. The van der Waals surface area contributed by atoms with Gasteiger partial charge in [-0.1, -0.05) is 428 Å². The van der Waals surface area contributed by atoms with E-state index in [2.05, 4.69) is 74.6 Å². The molecule has 0 rings (SSSR count). The van der Waals surface area contributed by atoms with Crippen LogP contribution in [0.5, 0.6) is 0 Å². The number of likely N-dealkylation sites (N-methyl/N-ethyl adjacent to an activating group) is 1. The quantitative estimate of drug-likeness (QED) is 0.0211. The largest absolute Gasteiger partial charge is 0.472 e. The van der Waals surface area contributed by atoms with E-state index in [1.165, 1.54) is 379 Å². The van der Waals surface area contributed by atoms with Gasteiger partial charge in [0.15, 0.2) is 6.10 Å². The summed E-state index contributed by atoms with van der Waals surface area (Å²) in [6, 6.07) is 0. The number of ether oxygens (including phenoxy) is 2. The van der Waals surface area contributed by atoms with Crippen LogP contribution in [0.15, 0.2) is 60.8 Å². The summed E-state index contributed by atoms with van der Waals surface area (Å²) in [7, 11) is 1.50. The minimum Gasteiger partial charge on any atom is -0.462 e. The number of phosphoric acid groups is 1. The van der Waals surface area contributed by atoms with E-state index in [1.807, 2.05) is 21.1 Å². The lowest BCUT2D eigenvalue weighted by molar-refractivity contribution is -0.870. The summed E-state index contributed by atoms with van der Waals surface area (Å²) in [6.45, 7) is 4.49. The van der Waals surface area contributed by atoms with Crippen LogP contribution >= 0.6 is 7.82 Å². The molecule has 0 radical (unpaired) electrons. The van der Waals surface area contributed by atoms with Crippen molar-refractivity contribution in [3.63, 3.8) is 0 Å². The van der Waals surface area contributed by atoms with Crippen LogP contribution in [0.4, 0.5) is 0 Å². The molecule has 0 spiro atoms. The molecule has 0 aromatic rings. The lowest BCUT2D eigenvalue weighted by Gasteiger charge is -2.24. The average Bonchev–Trinajstić information content (AvgIpc) is 0.913. The Morgan fingerprint density at radius 2 is 0.529 bits per heavy atom. The van der Waals surface area contributed by atoms with E-state index in [9.17, 15) is 19.0 Å².